The van der Waals surface area contributed by atoms with Gasteiger partial charge in [0, 0.05) is 31.0 Å². The lowest BCUT2D eigenvalue weighted by atomic mass is 10.1. The molecule has 1 aliphatic heterocycles. The van der Waals surface area contributed by atoms with Gasteiger partial charge in [-0.1, -0.05) is 35.5 Å². The Bertz CT molecular complexity index is 757. The summed E-state index contributed by atoms with van der Waals surface area (Å²) in [7, 11) is 0. The molecule has 1 aliphatic rings. The van der Waals surface area contributed by atoms with E-state index >= 15 is 0 Å². The van der Waals surface area contributed by atoms with Crippen LogP contribution < -0.4 is 0 Å². The van der Waals surface area contributed by atoms with Gasteiger partial charge in [0.15, 0.2) is 0 Å². The molecule has 3 heterocycles. The molecular formula is C18H18N4O. The van der Waals surface area contributed by atoms with E-state index < -0.39 is 0 Å². The Balaban J connectivity index is 1.43. The minimum atomic E-state index is 0.321. The van der Waals surface area contributed by atoms with Gasteiger partial charge in [0.25, 0.3) is 0 Å². The summed E-state index contributed by atoms with van der Waals surface area (Å²) in [5.41, 5.74) is 2.28. The highest BCUT2D eigenvalue weighted by Gasteiger charge is 2.28. The van der Waals surface area contributed by atoms with Crippen LogP contribution in [0.5, 0.6) is 0 Å². The second-order valence-electron chi connectivity index (χ2n) is 5.90. The van der Waals surface area contributed by atoms with Gasteiger partial charge >= 0.3 is 0 Å². The van der Waals surface area contributed by atoms with E-state index in [1.807, 2.05) is 12.1 Å². The summed E-state index contributed by atoms with van der Waals surface area (Å²) in [5, 5.41) is 4.11. The smallest absolute Gasteiger partial charge is 0.231 e. The molecule has 0 N–H and O–H groups in total. The number of rotatable bonds is 4. The number of aromatic nitrogens is 3. The van der Waals surface area contributed by atoms with Crippen molar-refractivity contribution >= 4 is 0 Å². The van der Waals surface area contributed by atoms with Gasteiger partial charge in [0.05, 0.1) is 5.92 Å². The Morgan fingerprint density at radius 2 is 1.91 bits per heavy atom. The zero-order valence-corrected chi connectivity index (χ0v) is 12.8. The van der Waals surface area contributed by atoms with E-state index in [1.54, 1.807) is 12.4 Å². The van der Waals surface area contributed by atoms with Crippen molar-refractivity contribution in [3.63, 3.8) is 0 Å². The number of pyridine rings is 1. The standard InChI is InChI=1S/C18H18N4O/c1-2-4-14(5-3-1)12-22-11-8-16(13-22)18-20-17(21-23-18)15-6-9-19-10-7-15/h1-7,9-10,16H,8,11-13H2/t16-/m1/s1. The highest BCUT2D eigenvalue weighted by atomic mass is 16.5. The van der Waals surface area contributed by atoms with Gasteiger partial charge in [0.2, 0.25) is 11.7 Å². The maximum atomic E-state index is 5.49. The van der Waals surface area contributed by atoms with E-state index in [4.69, 9.17) is 4.52 Å². The average molecular weight is 306 g/mol. The zero-order valence-electron chi connectivity index (χ0n) is 12.8. The Morgan fingerprint density at radius 3 is 2.74 bits per heavy atom. The minimum Gasteiger partial charge on any atom is -0.339 e. The lowest BCUT2D eigenvalue weighted by Gasteiger charge is -2.14. The first-order valence-electron chi connectivity index (χ1n) is 7.89. The van der Waals surface area contributed by atoms with Crippen LogP contribution in [0.3, 0.4) is 0 Å². The van der Waals surface area contributed by atoms with Crippen LogP contribution in [-0.4, -0.2) is 33.1 Å². The largest absolute Gasteiger partial charge is 0.339 e. The second kappa shape index (κ2) is 6.30. The first-order valence-corrected chi connectivity index (χ1v) is 7.89. The third kappa shape index (κ3) is 3.14. The summed E-state index contributed by atoms with van der Waals surface area (Å²) < 4.78 is 5.49. The third-order valence-corrected chi connectivity index (χ3v) is 4.25. The number of likely N-dealkylation sites (tertiary alicyclic amines) is 1. The van der Waals surface area contributed by atoms with Gasteiger partial charge in [-0.2, -0.15) is 4.98 Å². The normalized spacial score (nSPS) is 18.3. The molecule has 0 amide bonds. The molecule has 0 unspecified atom stereocenters. The predicted molar refractivity (Wildman–Crippen MR) is 86.6 cm³/mol. The van der Waals surface area contributed by atoms with Crippen LogP contribution in [0.1, 0.15) is 23.8 Å². The first kappa shape index (κ1) is 14.1. The molecule has 2 aromatic heterocycles. The van der Waals surface area contributed by atoms with E-state index in [9.17, 15) is 0 Å². The molecule has 0 radical (unpaired) electrons. The summed E-state index contributed by atoms with van der Waals surface area (Å²) in [6.07, 6.45) is 4.54. The monoisotopic (exact) mass is 306 g/mol. The molecule has 0 saturated carbocycles. The van der Waals surface area contributed by atoms with Gasteiger partial charge in [-0.05, 0) is 30.7 Å². The van der Waals surface area contributed by atoms with Gasteiger partial charge < -0.3 is 4.52 Å². The van der Waals surface area contributed by atoms with E-state index in [1.165, 1.54) is 5.56 Å². The fraction of sp³-hybridized carbons (Fsp3) is 0.278. The summed E-state index contributed by atoms with van der Waals surface area (Å²) in [5.74, 6) is 1.71. The molecule has 1 fully saturated rings. The van der Waals surface area contributed by atoms with Gasteiger partial charge in [-0.3, -0.25) is 9.88 Å². The Kier molecular flexibility index (Phi) is 3.86. The van der Waals surface area contributed by atoms with E-state index in [0.717, 1.165) is 37.5 Å². The van der Waals surface area contributed by atoms with Gasteiger partial charge in [0.1, 0.15) is 0 Å². The van der Waals surface area contributed by atoms with Crippen LogP contribution in [-0.2, 0) is 6.54 Å². The van der Waals surface area contributed by atoms with Crippen molar-refractivity contribution in [1.82, 2.24) is 20.0 Å². The first-order chi connectivity index (χ1) is 11.4. The highest BCUT2D eigenvalue weighted by Crippen LogP contribution is 2.28. The molecule has 0 aliphatic carbocycles. The number of nitrogens with zero attached hydrogens (tertiary/aromatic N) is 4. The molecule has 0 spiro atoms. The van der Waals surface area contributed by atoms with Gasteiger partial charge in [-0.15, -0.1) is 0 Å². The van der Waals surface area contributed by atoms with Crippen molar-refractivity contribution < 1.29 is 4.52 Å². The van der Waals surface area contributed by atoms with Crippen molar-refractivity contribution in [2.45, 2.75) is 18.9 Å². The number of benzene rings is 1. The van der Waals surface area contributed by atoms with E-state index in [-0.39, 0.29) is 0 Å². The molecule has 1 saturated heterocycles. The van der Waals surface area contributed by atoms with E-state index in [0.29, 0.717) is 11.7 Å². The molecule has 5 nitrogen and oxygen atoms in total. The van der Waals surface area contributed by atoms with Crippen LogP contribution in [0, 0.1) is 0 Å². The van der Waals surface area contributed by atoms with E-state index in [2.05, 4.69) is 50.4 Å². The third-order valence-electron chi connectivity index (χ3n) is 4.25. The quantitative estimate of drug-likeness (QED) is 0.741. The maximum Gasteiger partial charge on any atom is 0.231 e. The topological polar surface area (TPSA) is 55.1 Å². The highest BCUT2D eigenvalue weighted by molar-refractivity contribution is 5.52. The minimum absolute atomic E-state index is 0.321. The molecule has 1 atom stereocenters. The van der Waals surface area contributed by atoms with Crippen LogP contribution in [0.25, 0.3) is 11.4 Å². The molecule has 116 valence electrons. The molecule has 23 heavy (non-hydrogen) atoms. The SMILES string of the molecule is c1ccc(CN2CC[C@@H](c3nc(-c4ccncc4)no3)C2)cc1. The van der Waals surface area contributed by atoms with Crippen molar-refractivity contribution in [3.05, 3.63) is 66.3 Å². The molecule has 4 rings (SSSR count). The van der Waals surface area contributed by atoms with Gasteiger partial charge in [-0.25, -0.2) is 0 Å². The summed E-state index contributed by atoms with van der Waals surface area (Å²) in [4.78, 5) is 11.0. The molecule has 3 aromatic rings. The van der Waals surface area contributed by atoms with Crippen molar-refractivity contribution in [3.8, 4) is 11.4 Å². The lowest BCUT2D eigenvalue weighted by molar-refractivity contribution is 0.309. The van der Waals surface area contributed by atoms with Crippen LogP contribution in [0.2, 0.25) is 0 Å². The summed E-state index contributed by atoms with van der Waals surface area (Å²) >= 11 is 0. The van der Waals surface area contributed by atoms with Crippen molar-refractivity contribution in [1.29, 1.82) is 0 Å². The Morgan fingerprint density at radius 1 is 1.09 bits per heavy atom. The fourth-order valence-corrected chi connectivity index (χ4v) is 3.04. The van der Waals surface area contributed by atoms with Crippen molar-refractivity contribution in [2.75, 3.05) is 13.1 Å². The Hall–Kier alpha value is -2.53. The zero-order chi connectivity index (χ0) is 15.5. The van der Waals surface area contributed by atoms with Crippen LogP contribution in [0.15, 0.2) is 59.4 Å². The lowest BCUT2D eigenvalue weighted by Crippen LogP contribution is -2.19. The molecular weight excluding hydrogens is 288 g/mol. The maximum absolute atomic E-state index is 5.49. The second-order valence-corrected chi connectivity index (χ2v) is 5.90. The predicted octanol–water partition coefficient (Wildman–Crippen LogP) is 3.12. The van der Waals surface area contributed by atoms with Crippen molar-refractivity contribution in [2.24, 2.45) is 0 Å². The average Bonchev–Trinajstić information content (AvgIpc) is 3.26. The van der Waals surface area contributed by atoms with Crippen LogP contribution in [0.4, 0.5) is 0 Å². The molecule has 5 heteroatoms. The fourth-order valence-electron chi connectivity index (χ4n) is 3.04. The Labute approximate surface area is 135 Å². The number of hydrogen-bond donors (Lipinski definition) is 0. The summed E-state index contributed by atoms with van der Waals surface area (Å²) in [6.45, 7) is 3.00. The number of hydrogen-bond acceptors (Lipinski definition) is 5. The van der Waals surface area contributed by atoms with Crippen LogP contribution >= 0.6 is 0 Å². The summed E-state index contributed by atoms with van der Waals surface area (Å²) in [6, 6.07) is 14.3. The molecule has 1 aromatic carbocycles. The molecule has 0 bridgehead atoms.